The van der Waals surface area contributed by atoms with Crippen molar-refractivity contribution < 1.29 is 0 Å². The summed E-state index contributed by atoms with van der Waals surface area (Å²) in [5.41, 5.74) is 2.36. The minimum atomic E-state index is 0.141. The van der Waals surface area contributed by atoms with E-state index in [1.165, 1.54) is 5.56 Å². The van der Waals surface area contributed by atoms with Crippen LogP contribution in [-0.4, -0.2) is 6.04 Å². The zero-order valence-corrected chi connectivity index (χ0v) is 8.17. The normalized spacial score (nSPS) is 11.8. The third kappa shape index (κ3) is 2.83. The summed E-state index contributed by atoms with van der Waals surface area (Å²) in [7, 11) is 0. The molecule has 13 heavy (non-hydrogen) atoms. The Bertz CT molecular complexity index is 292. The fourth-order valence-electron chi connectivity index (χ4n) is 1.11. The lowest BCUT2D eigenvalue weighted by molar-refractivity contribution is 0.858. The summed E-state index contributed by atoms with van der Waals surface area (Å²) < 4.78 is 0. The molecule has 0 aliphatic heterocycles. The Morgan fingerprint density at radius 1 is 1.38 bits per heavy atom. The molecule has 0 heterocycles. The highest BCUT2D eigenvalue weighted by Gasteiger charge is 1.99. The van der Waals surface area contributed by atoms with Crippen molar-refractivity contribution in [2.24, 2.45) is 0 Å². The number of anilines is 1. The third-order valence-corrected chi connectivity index (χ3v) is 2.00. The van der Waals surface area contributed by atoms with E-state index in [4.69, 9.17) is 6.42 Å². The standard InChI is InChI=1S/C12H15N/c1-4-11(5-2)13-12-8-6-10(3)7-9-12/h1,6-9,11,13H,5H2,2-3H3. The Morgan fingerprint density at radius 3 is 2.46 bits per heavy atom. The van der Waals surface area contributed by atoms with Crippen LogP contribution in [0.4, 0.5) is 5.69 Å². The Hall–Kier alpha value is -1.42. The molecule has 0 aromatic heterocycles. The molecule has 1 N–H and O–H groups in total. The quantitative estimate of drug-likeness (QED) is 0.693. The van der Waals surface area contributed by atoms with E-state index in [0.717, 1.165) is 12.1 Å². The first-order valence-electron chi connectivity index (χ1n) is 4.55. The predicted octanol–water partition coefficient (Wildman–Crippen LogP) is 2.82. The van der Waals surface area contributed by atoms with Gasteiger partial charge in [0, 0.05) is 5.69 Å². The van der Waals surface area contributed by atoms with Crippen LogP contribution in [0.25, 0.3) is 0 Å². The van der Waals surface area contributed by atoms with Crippen molar-refractivity contribution >= 4 is 5.69 Å². The summed E-state index contributed by atoms with van der Waals surface area (Å²) >= 11 is 0. The lowest BCUT2D eigenvalue weighted by atomic mass is 10.2. The molecule has 1 nitrogen and oxygen atoms in total. The second-order valence-electron chi connectivity index (χ2n) is 3.14. The van der Waals surface area contributed by atoms with Gasteiger partial charge in [0.25, 0.3) is 0 Å². The van der Waals surface area contributed by atoms with E-state index in [0.29, 0.717) is 0 Å². The van der Waals surface area contributed by atoms with Gasteiger partial charge in [-0.25, -0.2) is 0 Å². The second kappa shape index (κ2) is 4.57. The van der Waals surface area contributed by atoms with Gasteiger partial charge >= 0.3 is 0 Å². The highest BCUT2D eigenvalue weighted by molar-refractivity contribution is 5.46. The number of benzene rings is 1. The van der Waals surface area contributed by atoms with Crippen molar-refractivity contribution in [3.8, 4) is 12.3 Å². The molecule has 0 radical (unpaired) electrons. The molecule has 0 saturated heterocycles. The molecule has 0 spiro atoms. The van der Waals surface area contributed by atoms with Crippen molar-refractivity contribution in [3.63, 3.8) is 0 Å². The summed E-state index contributed by atoms with van der Waals surface area (Å²) in [6.07, 6.45) is 6.30. The van der Waals surface area contributed by atoms with Crippen molar-refractivity contribution in [2.45, 2.75) is 26.3 Å². The average Bonchev–Trinajstić information content (AvgIpc) is 2.17. The fraction of sp³-hybridized carbons (Fsp3) is 0.333. The number of nitrogens with one attached hydrogen (secondary N) is 1. The largest absolute Gasteiger partial charge is 0.372 e. The van der Waals surface area contributed by atoms with Crippen molar-refractivity contribution in [1.82, 2.24) is 0 Å². The van der Waals surface area contributed by atoms with E-state index in [-0.39, 0.29) is 6.04 Å². The zero-order valence-electron chi connectivity index (χ0n) is 8.17. The Labute approximate surface area is 80.2 Å². The first kappa shape index (κ1) is 9.67. The van der Waals surface area contributed by atoms with Crippen molar-refractivity contribution in [3.05, 3.63) is 29.8 Å². The maximum atomic E-state index is 5.35. The molecule has 1 atom stereocenters. The van der Waals surface area contributed by atoms with Crippen molar-refractivity contribution in [2.75, 3.05) is 5.32 Å². The number of aryl methyl sites for hydroxylation is 1. The van der Waals surface area contributed by atoms with Gasteiger partial charge in [0.1, 0.15) is 0 Å². The first-order chi connectivity index (χ1) is 6.26. The zero-order chi connectivity index (χ0) is 9.68. The van der Waals surface area contributed by atoms with E-state index >= 15 is 0 Å². The van der Waals surface area contributed by atoms with E-state index in [1.54, 1.807) is 0 Å². The molecule has 0 amide bonds. The minimum absolute atomic E-state index is 0.141. The third-order valence-electron chi connectivity index (χ3n) is 2.00. The molecule has 68 valence electrons. The van der Waals surface area contributed by atoms with Gasteiger partial charge in [-0.2, -0.15) is 0 Å². The van der Waals surface area contributed by atoms with Crippen LogP contribution in [0.1, 0.15) is 18.9 Å². The Morgan fingerprint density at radius 2 is 2.00 bits per heavy atom. The molecule has 1 aromatic carbocycles. The van der Waals surface area contributed by atoms with Gasteiger partial charge in [-0.3, -0.25) is 0 Å². The second-order valence-corrected chi connectivity index (χ2v) is 3.14. The van der Waals surface area contributed by atoms with Gasteiger partial charge in [-0.05, 0) is 25.5 Å². The van der Waals surface area contributed by atoms with Crippen LogP contribution in [0, 0.1) is 19.3 Å². The highest BCUT2D eigenvalue weighted by Crippen LogP contribution is 2.10. The molecule has 1 unspecified atom stereocenters. The summed E-state index contributed by atoms with van der Waals surface area (Å²) in [5, 5.41) is 3.27. The van der Waals surface area contributed by atoms with Gasteiger partial charge in [0.15, 0.2) is 0 Å². The molecule has 1 heteroatoms. The van der Waals surface area contributed by atoms with Gasteiger partial charge < -0.3 is 5.32 Å². The monoisotopic (exact) mass is 173 g/mol. The van der Waals surface area contributed by atoms with Gasteiger partial charge in [0.2, 0.25) is 0 Å². The van der Waals surface area contributed by atoms with Gasteiger partial charge in [-0.15, -0.1) is 6.42 Å². The lowest BCUT2D eigenvalue weighted by Crippen LogP contribution is -2.15. The number of hydrogen-bond donors (Lipinski definition) is 1. The summed E-state index contributed by atoms with van der Waals surface area (Å²) in [6, 6.07) is 8.39. The van der Waals surface area contributed by atoms with Crippen LogP contribution >= 0.6 is 0 Å². The number of hydrogen-bond acceptors (Lipinski definition) is 1. The molecule has 0 aliphatic carbocycles. The lowest BCUT2D eigenvalue weighted by Gasteiger charge is -2.11. The van der Waals surface area contributed by atoms with Crippen LogP contribution in [-0.2, 0) is 0 Å². The molecule has 0 bridgehead atoms. The fourth-order valence-corrected chi connectivity index (χ4v) is 1.11. The van der Waals surface area contributed by atoms with Crippen LogP contribution < -0.4 is 5.32 Å². The summed E-state index contributed by atoms with van der Waals surface area (Å²) in [5.74, 6) is 2.70. The highest BCUT2D eigenvalue weighted by atomic mass is 14.9. The molecule has 1 aromatic rings. The Balaban J connectivity index is 2.64. The van der Waals surface area contributed by atoms with Crippen LogP contribution in [0.5, 0.6) is 0 Å². The first-order valence-corrected chi connectivity index (χ1v) is 4.55. The predicted molar refractivity (Wildman–Crippen MR) is 57.7 cm³/mol. The van der Waals surface area contributed by atoms with Gasteiger partial charge in [-0.1, -0.05) is 30.5 Å². The van der Waals surface area contributed by atoms with Crippen LogP contribution in [0.15, 0.2) is 24.3 Å². The van der Waals surface area contributed by atoms with Crippen LogP contribution in [0.3, 0.4) is 0 Å². The maximum Gasteiger partial charge on any atom is 0.0871 e. The smallest absolute Gasteiger partial charge is 0.0871 e. The number of rotatable bonds is 3. The van der Waals surface area contributed by atoms with E-state index in [1.807, 2.05) is 0 Å². The molecule has 1 rings (SSSR count). The van der Waals surface area contributed by atoms with E-state index in [2.05, 4.69) is 49.4 Å². The molecule has 0 saturated carbocycles. The summed E-state index contributed by atoms with van der Waals surface area (Å²) in [6.45, 7) is 4.15. The molecule has 0 aliphatic rings. The maximum absolute atomic E-state index is 5.35. The van der Waals surface area contributed by atoms with E-state index < -0.39 is 0 Å². The van der Waals surface area contributed by atoms with Crippen molar-refractivity contribution in [1.29, 1.82) is 0 Å². The minimum Gasteiger partial charge on any atom is -0.372 e. The average molecular weight is 173 g/mol. The molecular formula is C12H15N. The topological polar surface area (TPSA) is 12.0 Å². The summed E-state index contributed by atoms with van der Waals surface area (Å²) in [4.78, 5) is 0. The van der Waals surface area contributed by atoms with E-state index in [9.17, 15) is 0 Å². The van der Waals surface area contributed by atoms with Gasteiger partial charge in [0.05, 0.1) is 6.04 Å². The molecule has 0 fully saturated rings. The SMILES string of the molecule is C#CC(CC)Nc1ccc(C)cc1. The number of terminal acetylenes is 1. The molecular weight excluding hydrogens is 158 g/mol. The Kier molecular flexibility index (Phi) is 3.40. The van der Waals surface area contributed by atoms with Crippen LogP contribution in [0.2, 0.25) is 0 Å².